The fraction of sp³-hybridized carbons (Fsp3) is 0.250. The largest absolute Gasteiger partial charge is 0.356 e. The number of fused-ring (bicyclic) bond motifs is 1. The number of carbonyl (C=O) groups is 1. The molecule has 3 aromatic rings. The number of nitrogens with zero attached hydrogens (tertiary/aromatic N) is 1. The van der Waals surface area contributed by atoms with Crippen molar-refractivity contribution < 1.29 is 4.79 Å². The molecule has 1 heterocycles. The van der Waals surface area contributed by atoms with Crippen molar-refractivity contribution in [3.8, 4) is 0 Å². The van der Waals surface area contributed by atoms with Gasteiger partial charge in [-0.25, -0.2) is 0 Å². The van der Waals surface area contributed by atoms with Gasteiger partial charge >= 0.3 is 0 Å². The van der Waals surface area contributed by atoms with Crippen molar-refractivity contribution in [2.45, 2.75) is 19.3 Å². The van der Waals surface area contributed by atoms with E-state index >= 15 is 0 Å². The molecule has 0 aliphatic rings. The maximum absolute atomic E-state index is 12.2. The summed E-state index contributed by atoms with van der Waals surface area (Å²) in [6.07, 6.45) is 4.45. The molecule has 0 radical (unpaired) electrons. The molecule has 0 atom stereocenters. The molecule has 1 N–H and O–H groups in total. The van der Waals surface area contributed by atoms with E-state index < -0.39 is 0 Å². The third kappa shape index (κ3) is 3.81. The first-order valence-corrected chi connectivity index (χ1v) is 8.07. The Kier molecular flexibility index (Phi) is 4.77. The van der Waals surface area contributed by atoms with Gasteiger partial charge in [-0.2, -0.15) is 0 Å². The molecule has 0 bridgehead atoms. The van der Waals surface area contributed by atoms with Gasteiger partial charge in [-0.05, 0) is 30.0 Å². The molecule has 0 spiro atoms. The topological polar surface area (TPSA) is 34.0 Å². The summed E-state index contributed by atoms with van der Waals surface area (Å²) in [6.45, 7) is 0.721. The summed E-state index contributed by atoms with van der Waals surface area (Å²) in [6, 6.07) is 18.6. The second-order valence-electron chi connectivity index (χ2n) is 5.90. The van der Waals surface area contributed by atoms with Crippen LogP contribution in [0.15, 0.2) is 60.8 Å². The highest BCUT2D eigenvalue weighted by atomic mass is 16.1. The van der Waals surface area contributed by atoms with Gasteiger partial charge in [-0.15, -0.1) is 0 Å². The summed E-state index contributed by atoms with van der Waals surface area (Å²) in [5.74, 6) is 0.0921. The number of aryl methyl sites for hydroxylation is 2. The summed E-state index contributed by atoms with van der Waals surface area (Å²) in [4.78, 5) is 12.2. The number of rotatable bonds is 6. The number of carbonyl (C=O) groups excluding carboxylic acids is 1. The number of aromatic nitrogens is 1. The van der Waals surface area contributed by atoms with Crippen LogP contribution in [0.5, 0.6) is 0 Å². The van der Waals surface area contributed by atoms with Crippen LogP contribution in [0.2, 0.25) is 0 Å². The highest BCUT2D eigenvalue weighted by Gasteiger charge is 2.09. The number of hydrogen-bond donors (Lipinski definition) is 1. The Bertz CT molecular complexity index is 790. The zero-order chi connectivity index (χ0) is 16.1. The van der Waals surface area contributed by atoms with Crippen LogP contribution in [0.4, 0.5) is 0 Å². The molecule has 2 aromatic carbocycles. The number of para-hydroxylation sites is 1. The molecular formula is C20H22N2O. The normalized spacial score (nSPS) is 10.8. The second-order valence-corrected chi connectivity index (χ2v) is 5.90. The molecular weight excluding hydrogens is 284 g/mol. The van der Waals surface area contributed by atoms with Gasteiger partial charge in [0, 0.05) is 30.7 Å². The van der Waals surface area contributed by atoms with Crippen molar-refractivity contribution in [3.63, 3.8) is 0 Å². The molecule has 1 aromatic heterocycles. The predicted molar refractivity (Wildman–Crippen MR) is 94.4 cm³/mol. The molecule has 0 saturated carbocycles. The lowest BCUT2D eigenvalue weighted by molar-refractivity contribution is -0.120. The zero-order valence-electron chi connectivity index (χ0n) is 13.5. The Morgan fingerprint density at radius 1 is 1.04 bits per heavy atom. The van der Waals surface area contributed by atoms with E-state index in [9.17, 15) is 4.79 Å². The monoisotopic (exact) mass is 306 g/mol. The van der Waals surface area contributed by atoms with Crippen LogP contribution in [0.3, 0.4) is 0 Å². The van der Waals surface area contributed by atoms with E-state index in [1.807, 2.05) is 31.4 Å². The van der Waals surface area contributed by atoms with Crippen molar-refractivity contribution in [1.29, 1.82) is 0 Å². The van der Waals surface area contributed by atoms with Crippen LogP contribution in [-0.4, -0.2) is 17.0 Å². The first-order chi connectivity index (χ1) is 11.2. The lowest BCUT2D eigenvalue weighted by Crippen LogP contribution is -2.26. The Balaban J connectivity index is 1.51. The molecule has 118 valence electrons. The van der Waals surface area contributed by atoms with E-state index in [1.54, 1.807) is 0 Å². The van der Waals surface area contributed by atoms with Crippen LogP contribution in [0.1, 0.15) is 17.5 Å². The second kappa shape index (κ2) is 7.14. The molecule has 0 aliphatic heterocycles. The van der Waals surface area contributed by atoms with Gasteiger partial charge in [-0.3, -0.25) is 4.79 Å². The van der Waals surface area contributed by atoms with Crippen LogP contribution in [0.25, 0.3) is 10.9 Å². The summed E-state index contributed by atoms with van der Waals surface area (Å²) < 4.78 is 2.08. The third-order valence-corrected chi connectivity index (χ3v) is 4.14. The first-order valence-electron chi connectivity index (χ1n) is 8.07. The number of amides is 1. The van der Waals surface area contributed by atoms with Gasteiger partial charge in [0.1, 0.15) is 0 Å². The van der Waals surface area contributed by atoms with Gasteiger partial charge in [0.15, 0.2) is 0 Å². The van der Waals surface area contributed by atoms with E-state index in [0.29, 0.717) is 6.42 Å². The smallest absolute Gasteiger partial charge is 0.224 e. The zero-order valence-corrected chi connectivity index (χ0v) is 13.5. The molecule has 23 heavy (non-hydrogen) atoms. The first kappa shape index (κ1) is 15.3. The van der Waals surface area contributed by atoms with Crippen LogP contribution < -0.4 is 5.32 Å². The van der Waals surface area contributed by atoms with E-state index in [-0.39, 0.29) is 5.91 Å². The number of nitrogens with one attached hydrogen (secondary N) is 1. The van der Waals surface area contributed by atoms with Crippen LogP contribution >= 0.6 is 0 Å². The van der Waals surface area contributed by atoms with E-state index in [2.05, 4.69) is 46.3 Å². The quantitative estimate of drug-likeness (QED) is 0.695. The SMILES string of the molecule is Cn1cc(CC(=O)NCCCc2ccccc2)c2ccccc21. The molecule has 1 amide bonds. The van der Waals surface area contributed by atoms with Crippen molar-refractivity contribution >= 4 is 16.8 Å². The van der Waals surface area contributed by atoms with E-state index in [4.69, 9.17) is 0 Å². The van der Waals surface area contributed by atoms with E-state index in [0.717, 1.165) is 30.3 Å². The van der Waals surface area contributed by atoms with Crippen molar-refractivity contribution in [3.05, 3.63) is 71.9 Å². The van der Waals surface area contributed by atoms with Crippen molar-refractivity contribution in [2.75, 3.05) is 6.54 Å². The fourth-order valence-corrected chi connectivity index (χ4v) is 2.97. The number of benzene rings is 2. The minimum atomic E-state index is 0.0921. The van der Waals surface area contributed by atoms with Crippen LogP contribution in [-0.2, 0) is 24.7 Å². The van der Waals surface area contributed by atoms with Crippen molar-refractivity contribution in [1.82, 2.24) is 9.88 Å². The minimum Gasteiger partial charge on any atom is -0.356 e. The van der Waals surface area contributed by atoms with Crippen LogP contribution in [0, 0.1) is 0 Å². The highest BCUT2D eigenvalue weighted by Crippen LogP contribution is 2.20. The summed E-state index contributed by atoms with van der Waals surface area (Å²) in [5, 5.41) is 4.19. The molecule has 3 heteroatoms. The lowest BCUT2D eigenvalue weighted by Gasteiger charge is -2.05. The highest BCUT2D eigenvalue weighted by molar-refractivity contribution is 5.89. The summed E-state index contributed by atoms with van der Waals surface area (Å²) >= 11 is 0. The van der Waals surface area contributed by atoms with Gasteiger partial charge in [0.25, 0.3) is 0 Å². The van der Waals surface area contributed by atoms with E-state index in [1.165, 1.54) is 11.1 Å². The molecule has 0 aliphatic carbocycles. The van der Waals surface area contributed by atoms with Gasteiger partial charge in [-0.1, -0.05) is 48.5 Å². The maximum atomic E-state index is 12.2. The average Bonchev–Trinajstić information content (AvgIpc) is 2.89. The molecule has 3 rings (SSSR count). The average molecular weight is 306 g/mol. The minimum absolute atomic E-state index is 0.0921. The standard InChI is InChI=1S/C20H22N2O/c1-22-15-17(18-11-5-6-12-19(18)22)14-20(23)21-13-7-10-16-8-3-2-4-9-16/h2-6,8-9,11-12,15H,7,10,13-14H2,1H3,(H,21,23). The Hall–Kier alpha value is -2.55. The Morgan fingerprint density at radius 3 is 2.61 bits per heavy atom. The predicted octanol–water partition coefficient (Wildman–Crippen LogP) is 3.47. The van der Waals surface area contributed by atoms with Crippen molar-refractivity contribution in [2.24, 2.45) is 7.05 Å². The molecule has 3 nitrogen and oxygen atoms in total. The fourth-order valence-electron chi connectivity index (χ4n) is 2.97. The van der Waals surface area contributed by atoms with Gasteiger partial charge in [0.05, 0.1) is 6.42 Å². The van der Waals surface area contributed by atoms with Gasteiger partial charge < -0.3 is 9.88 Å². The third-order valence-electron chi connectivity index (χ3n) is 4.14. The molecule has 0 unspecified atom stereocenters. The summed E-state index contributed by atoms with van der Waals surface area (Å²) in [7, 11) is 2.02. The Morgan fingerprint density at radius 2 is 1.78 bits per heavy atom. The lowest BCUT2D eigenvalue weighted by atomic mass is 10.1. The summed E-state index contributed by atoms with van der Waals surface area (Å²) in [5.41, 5.74) is 3.57. The maximum Gasteiger partial charge on any atom is 0.224 e. The molecule has 0 saturated heterocycles. The Labute approximate surface area is 136 Å². The number of hydrogen-bond acceptors (Lipinski definition) is 1. The van der Waals surface area contributed by atoms with Gasteiger partial charge in [0.2, 0.25) is 5.91 Å². The molecule has 0 fully saturated rings.